The SMILES string of the molecule is CCNC(=NCCCN1C(=O)COc2ccccc21)N(C)CCOCC1CC1. The van der Waals surface area contributed by atoms with Gasteiger partial charge in [-0.2, -0.15) is 0 Å². The molecule has 1 N–H and O–H groups in total. The van der Waals surface area contributed by atoms with E-state index in [-0.39, 0.29) is 12.5 Å². The number of para-hydroxylation sites is 2. The standard InChI is InChI=1S/C21H32N4O3/c1-3-22-21(24(2)13-14-27-15-17-9-10-17)23-11-6-12-25-18-7-4-5-8-19(18)28-16-20(25)26/h4-5,7-8,17H,3,6,9-16H2,1-2H3,(H,22,23). The zero-order chi connectivity index (χ0) is 19.8. The minimum Gasteiger partial charge on any atom is -0.482 e. The van der Waals surface area contributed by atoms with E-state index in [0.717, 1.165) is 56.0 Å². The molecule has 1 aliphatic carbocycles. The number of rotatable bonds is 10. The van der Waals surface area contributed by atoms with E-state index in [0.29, 0.717) is 13.1 Å². The van der Waals surface area contributed by atoms with Gasteiger partial charge in [-0.1, -0.05) is 12.1 Å². The maximum atomic E-state index is 12.2. The number of nitrogens with zero attached hydrogens (tertiary/aromatic N) is 3. The third-order valence-corrected chi connectivity index (χ3v) is 4.93. The zero-order valence-corrected chi connectivity index (χ0v) is 17.0. The summed E-state index contributed by atoms with van der Waals surface area (Å²) < 4.78 is 11.2. The average molecular weight is 389 g/mol. The van der Waals surface area contributed by atoms with Crippen molar-refractivity contribution in [1.29, 1.82) is 0 Å². The molecule has 1 amide bonds. The summed E-state index contributed by atoms with van der Waals surface area (Å²) in [5.74, 6) is 2.44. The van der Waals surface area contributed by atoms with Crippen LogP contribution in [0.4, 0.5) is 5.69 Å². The number of hydrogen-bond donors (Lipinski definition) is 1. The van der Waals surface area contributed by atoms with Gasteiger partial charge in [0.25, 0.3) is 5.91 Å². The van der Waals surface area contributed by atoms with Gasteiger partial charge in [0.2, 0.25) is 0 Å². The Morgan fingerprint density at radius 2 is 2.21 bits per heavy atom. The van der Waals surface area contributed by atoms with Gasteiger partial charge in [-0.05, 0) is 44.2 Å². The molecule has 1 aliphatic heterocycles. The van der Waals surface area contributed by atoms with Gasteiger partial charge in [-0.3, -0.25) is 9.79 Å². The normalized spacial score (nSPS) is 16.6. The molecule has 0 bridgehead atoms. The molecule has 0 radical (unpaired) electrons. The monoisotopic (exact) mass is 388 g/mol. The number of carbonyl (C=O) groups is 1. The molecule has 0 spiro atoms. The molecule has 154 valence electrons. The Morgan fingerprint density at radius 3 is 3.00 bits per heavy atom. The highest BCUT2D eigenvalue weighted by molar-refractivity contribution is 5.97. The fourth-order valence-electron chi connectivity index (χ4n) is 3.12. The molecule has 1 heterocycles. The smallest absolute Gasteiger partial charge is 0.265 e. The first kappa shape index (κ1) is 20.5. The van der Waals surface area contributed by atoms with Crippen molar-refractivity contribution in [2.24, 2.45) is 10.9 Å². The van der Waals surface area contributed by atoms with E-state index < -0.39 is 0 Å². The number of likely N-dealkylation sites (N-methyl/N-ethyl adjacent to an activating group) is 1. The van der Waals surface area contributed by atoms with Crippen LogP contribution in [0, 0.1) is 5.92 Å². The first-order valence-corrected chi connectivity index (χ1v) is 10.3. The Bertz CT molecular complexity index is 675. The number of carbonyl (C=O) groups excluding carboxylic acids is 1. The minimum atomic E-state index is -0.000448. The minimum absolute atomic E-state index is 0.000448. The first-order valence-electron chi connectivity index (χ1n) is 10.3. The van der Waals surface area contributed by atoms with Crippen LogP contribution in [0.2, 0.25) is 0 Å². The van der Waals surface area contributed by atoms with Crippen LogP contribution in [-0.4, -0.2) is 69.8 Å². The largest absolute Gasteiger partial charge is 0.482 e. The van der Waals surface area contributed by atoms with Crippen molar-refractivity contribution in [2.45, 2.75) is 26.2 Å². The van der Waals surface area contributed by atoms with Crippen LogP contribution in [-0.2, 0) is 9.53 Å². The number of aliphatic imine (C=N–C) groups is 1. The highest BCUT2D eigenvalue weighted by Crippen LogP contribution is 2.31. The molecule has 0 atom stereocenters. The van der Waals surface area contributed by atoms with Crippen LogP contribution in [0.1, 0.15) is 26.2 Å². The second kappa shape index (κ2) is 10.3. The third kappa shape index (κ3) is 5.86. The third-order valence-electron chi connectivity index (χ3n) is 4.93. The average Bonchev–Trinajstić information content (AvgIpc) is 3.53. The van der Waals surface area contributed by atoms with Gasteiger partial charge < -0.3 is 24.6 Å². The van der Waals surface area contributed by atoms with Gasteiger partial charge in [0.15, 0.2) is 12.6 Å². The van der Waals surface area contributed by atoms with E-state index in [1.165, 1.54) is 12.8 Å². The molecule has 7 heteroatoms. The molecule has 28 heavy (non-hydrogen) atoms. The van der Waals surface area contributed by atoms with Crippen LogP contribution in [0.15, 0.2) is 29.3 Å². The maximum Gasteiger partial charge on any atom is 0.265 e. The molecule has 0 aromatic heterocycles. The van der Waals surface area contributed by atoms with Crippen molar-refractivity contribution < 1.29 is 14.3 Å². The van der Waals surface area contributed by atoms with Crippen LogP contribution >= 0.6 is 0 Å². The van der Waals surface area contributed by atoms with Crippen molar-refractivity contribution in [3.63, 3.8) is 0 Å². The van der Waals surface area contributed by atoms with E-state index in [1.807, 2.05) is 31.3 Å². The number of anilines is 1. The molecule has 2 aliphatic rings. The molecular weight excluding hydrogens is 356 g/mol. The highest BCUT2D eigenvalue weighted by Gasteiger charge is 2.24. The molecule has 1 aromatic carbocycles. The Morgan fingerprint density at radius 1 is 1.39 bits per heavy atom. The second-order valence-corrected chi connectivity index (χ2v) is 7.33. The summed E-state index contributed by atoms with van der Waals surface area (Å²) in [6, 6.07) is 7.67. The molecule has 1 aromatic rings. The fourth-order valence-corrected chi connectivity index (χ4v) is 3.12. The molecule has 1 fully saturated rings. The van der Waals surface area contributed by atoms with Gasteiger partial charge in [0.1, 0.15) is 5.75 Å². The Kier molecular flexibility index (Phi) is 7.54. The highest BCUT2D eigenvalue weighted by atomic mass is 16.5. The van der Waals surface area contributed by atoms with Gasteiger partial charge in [0.05, 0.1) is 12.3 Å². The first-order chi connectivity index (χ1) is 13.7. The van der Waals surface area contributed by atoms with Crippen molar-refractivity contribution in [2.75, 3.05) is 57.9 Å². The van der Waals surface area contributed by atoms with E-state index in [1.54, 1.807) is 4.90 Å². The summed E-state index contributed by atoms with van der Waals surface area (Å²) in [5.41, 5.74) is 0.847. The Balaban J connectivity index is 1.46. The van der Waals surface area contributed by atoms with Gasteiger partial charge in [0, 0.05) is 39.8 Å². The van der Waals surface area contributed by atoms with Crippen molar-refractivity contribution >= 4 is 17.6 Å². The van der Waals surface area contributed by atoms with Crippen LogP contribution < -0.4 is 15.0 Å². The molecule has 0 saturated heterocycles. The quantitative estimate of drug-likeness (QED) is 0.378. The summed E-state index contributed by atoms with van der Waals surface area (Å²) in [4.78, 5) is 20.8. The number of ether oxygens (including phenoxy) is 2. The molecular formula is C21H32N4O3. The van der Waals surface area contributed by atoms with Crippen molar-refractivity contribution in [1.82, 2.24) is 10.2 Å². The lowest BCUT2D eigenvalue weighted by molar-refractivity contribution is -0.121. The molecule has 0 unspecified atom stereocenters. The Labute approximate surface area is 167 Å². The predicted molar refractivity (Wildman–Crippen MR) is 111 cm³/mol. The number of hydrogen-bond acceptors (Lipinski definition) is 4. The Hall–Kier alpha value is -2.28. The zero-order valence-electron chi connectivity index (χ0n) is 17.0. The summed E-state index contributed by atoms with van der Waals surface area (Å²) in [7, 11) is 2.03. The predicted octanol–water partition coefficient (Wildman–Crippen LogP) is 2.13. The number of nitrogens with one attached hydrogen (secondary N) is 1. The van der Waals surface area contributed by atoms with Crippen LogP contribution in [0.3, 0.4) is 0 Å². The van der Waals surface area contributed by atoms with Gasteiger partial charge >= 0.3 is 0 Å². The van der Waals surface area contributed by atoms with Crippen molar-refractivity contribution in [3.8, 4) is 5.75 Å². The second-order valence-electron chi connectivity index (χ2n) is 7.33. The van der Waals surface area contributed by atoms with Crippen LogP contribution in [0.5, 0.6) is 5.75 Å². The molecule has 7 nitrogen and oxygen atoms in total. The van der Waals surface area contributed by atoms with E-state index in [2.05, 4.69) is 17.1 Å². The van der Waals surface area contributed by atoms with Crippen LogP contribution in [0.25, 0.3) is 0 Å². The maximum absolute atomic E-state index is 12.2. The van der Waals surface area contributed by atoms with Crippen molar-refractivity contribution in [3.05, 3.63) is 24.3 Å². The fraction of sp³-hybridized carbons (Fsp3) is 0.619. The number of guanidine groups is 1. The van der Waals surface area contributed by atoms with Gasteiger partial charge in [-0.25, -0.2) is 0 Å². The number of benzene rings is 1. The number of amides is 1. The summed E-state index contributed by atoms with van der Waals surface area (Å²) >= 11 is 0. The molecule has 3 rings (SSSR count). The summed E-state index contributed by atoms with van der Waals surface area (Å²) in [6.45, 7) is 6.70. The lowest BCUT2D eigenvalue weighted by Crippen LogP contribution is -2.41. The van der Waals surface area contributed by atoms with E-state index in [4.69, 9.17) is 14.5 Å². The summed E-state index contributed by atoms with van der Waals surface area (Å²) in [6.07, 6.45) is 3.42. The lowest BCUT2D eigenvalue weighted by Gasteiger charge is -2.29. The number of fused-ring (bicyclic) bond motifs is 1. The topological polar surface area (TPSA) is 66.4 Å². The lowest BCUT2D eigenvalue weighted by atomic mass is 10.2. The van der Waals surface area contributed by atoms with E-state index >= 15 is 0 Å². The van der Waals surface area contributed by atoms with Gasteiger partial charge in [-0.15, -0.1) is 0 Å². The molecule has 1 saturated carbocycles. The summed E-state index contributed by atoms with van der Waals surface area (Å²) in [5, 5.41) is 3.33. The van der Waals surface area contributed by atoms with E-state index in [9.17, 15) is 4.79 Å².